The lowest BCUT2D eigenvalue weighted by atomic mass is 9.94. The van der Waals surface area contributed by atoms with E-state index in [9.17, 15) is 9.59 Å². The molecule has 166 valence electrons. The number of thioether (sulfide) groups is 2. The van der Waals surface area contributed by atoms with Crippen LogP contribution < -0.4 is 5.32 Å². The maximum Gasteiger partial charge on any atom is 0.273 e. The van der Waals surface area contributed by atoms with Gasteiger partial charge in [-0.15, -0.1) is 23.1 Å². The molecule has 2 amide bonds. The number of pyridine rings is 1. The molecule has 2 aromatic heterocycles. The summed E-state index contributed by atoms with van der Waals surface area (Å²) in [6, 6.07) is 9.90. The normalized spacial score (nSPS) is 13.0. The molecule has 0 fully saturated rings. The largest absolute Gasteiger partial charge is 0.351 e. The average Bonchev–Trinajstić information content (AvgIpc) is 3.31. The van der Waals surface area contributed by atoms with E-state index in [1.165, 1.54) is 28.7 Å². The first-order valence-corrected chi connectivity index (χ1v) is 13.3. The minimum atomic E-state index is -0.0411. The van der Waals surface area contributed by atoms with Gasteiger partial charge in [0, 0.05) is 41.8 Å². The fourth-order valence-electron chi connectivity index (χ4n) is 3.64. The molecule has 1 N–H and O–H groups in total. The second-order valence-electron chi connectivity index (χ2n) is 7.38. The molecule has 1 aliphatic rings. The molecule has 3 aromatic rings. The molecule has 0 spiro atoms. The van der Waals surface area contributed by atoms with Gasteiger partial charge in [-0.3, -0.25) is 14.6 Å². The molecular weight excluding hydrogens is 460 g/mol. The van der Waals surface area contributed by atoms with Crippen molar-refractivity contribution in [2.24, 2.45) is 0 Å². The first-order chi connectivity index (χ1) is 15.5. The van der Waals surface area contributed by atoms with Crippen molar-refractivity contribution in [3.63, 3.8) is 0 Å². The lowest BCUT2D eigenvalue weighted by Crippen LogP contribution is -2.37. The van der Waals surface area contributed by atoms with Crippen LogP contribution in [0, 0.1) is 6.92 Å². The summed E-state index contributed by atoms with van der Waals surface area (Å²) in [5.74, 6) is 0.330. The maximum atomic E-state index is 12.9. The van der Waals surface area contributed by atoms with E-state index in [-0.39, 0.29) is 11.8 Å². The standard InChI is InChI=1S/C23H24N4O2S3/c1-15-19(11-25-21(28)14-31-17-6-4-3-5-7-17)18-8-9-27(12-16(18)10-24-15)22(29)20-13-32-23(26-20)30-2/h3-7,10,13H,8-9,11-12,14H2,1-2H3,(H,25,28). The topological polar surface area (TPSA) is 75.2 Å². The molecule has 0 saturated heterocycles. The maximum absolute atomic E-state index is 12.9. The van der Waals surface area contributed by atoms with Crippen molar-refractivity contribution in [1.29, 1.82) is 0 Å². The third-order valence-electron chi connectivity index (χ3n) is 5.34. The molecular formula is C23H24N4O2S3. The Kier molecular flexibility index (Phi) is 7.49. The highest BCUT2D eigenvalue weighted by atomic mass is 32.2. The van der Waals surface area contributed by atoms with E-state index in [0.29, 0.717) is 31.1 Å². The van der Waals surface area contributed by atoms with E-state index in [1.54, 1.807) is 11.8 Å². The van der Waals surface area contributed by atoms with Gasteiger partial charge in [0.1, 0.15) is 10.0 Å². The van der Waals surface area contributed by atoms with Crippen molar-refractivity contribution in [3.8, 4) is 0 Å². The van der Waals surface area contributed by atoms with Crippen LogP contribution in [-0.4, -0.2) is 45.2 Å². The average molecular weight is 485 g/mol. The van der Waals surface area contributed by atoms with Gasteiger partial charge in [0.15, 0.2) is 0 Å². The molecule has 0 radical (unpaired) electrons. The van der Waals surface area contributed by atoms with Crippen LogP contribution in [0.1, 0.15) is 32.9 Å². The Morgan fingerprint density at radius 3 is 2.81 bits per heavy atom. The zero-order chi connectivity index (χ0) is 22.5. The Morgan fingerprint density at radius 1 is 1.25 bits per heavy atom. The predicted molar refractivity (Wildman–Crippen MR) is 130 cm³/mol. The minimum absolute atomic E-state index is 0.00315. The van der Waals surface area contributed by atoms with Gasteiger partial charge in [-0.25, -0.2) is 4.98 Å². The zero-order valence-electron chi connectivity index (χ0n) is 18.0. The van der Waals surface area contributed by atoms with Gasteiger partial charge in [0.2, 0.25) is 5.91 Å². The van der Waals surface area contributed by atoms with Crippen LogP contribution in [-0.2, 0) is 24.3 Å². The number of fused-ring (bicyclic) bond motifs is 1. The summed E-state index contributed by atoms with van der Waals surface area (Å²) in [6.45, 7) is 3.56. The quantitative estimate of drug-likeness (QED) is 0.507. The third-order valence-corrected chi connectivity index (χ3v) is 8.21. The number of amides is 2. The number of hydrogen-bond donors (Lipinski definition) is 1. The molecule has 6 nitrogen and oxygen atoms in total. The molecule has 1 aromatic carbocycles. The van der Waals surface area contributed by atoms with Gasteiger partial charge < -0.3 is 10.2 Å². The minimum Gasteiger partial charge on any atom is -0.351 e. The van der Waals surface area contributed by atoms with Crippen LogP contribution >= 0.6 is 34.9 Å². The second-order valence-corrected chi connectivity index (χ2v) is 10.3. The first kappa shape index (κ1) is 22.8. The van der Waals surface area contributed by atoms with Crippen LogP contribution in [0.2, 0.25) is 0 Å². The van der Waals surface area contributed by atoms with E-state index in [1.807, 2.05) is 60.0 Å². The van der Waals surface area contributed by atoms with E-state index < -0.39 is 0 Å². The molecule has 0 bridgehead atoms. The van der Waals surface area contributed by atoms with Crippen molar-refractivity contribution in [2.45, 2.75) is 35.7 Å². The van der Waals surface area contributed by atoms with Gasteiger partial charge in [-0.2, -0.15) is 0 Å². The number of hydrogen-bond acceptors (Lipinski definition) is 7. The SMILES string of the molecule is CSc1nc(C(=O)N2CCc3c(cnc(C)c3CNC(=O)CSc3ccccc3)C2)cs1. The van der Waals surface area contributed by atoms with Crippen LogP contribution in [0.3, 0.4) is 0 Å². The summed E-state index contributed by atoms with van der Waals surface area (Å²) >= 11 is 4.56. The van der Waals surface area contributed by atoms with E-state index in [2.05, 4.69) is 15.3 Å². The highest BCUT2D eigenvalue weighted by molar-refractivity contribution is 8.00. The molecule has 9 heteroatoms. The van der Waals surface area contributed by atoms with E-state index in [0.717, 1.165) is 32.5 Å². The summed E-state index contributed by atoms with van der Waals surface area (Å²) in [4.78, 5) is 37.1. The smallest absolute Gasteiger partial charge is 0.273 e. The van der Waals surface area contributed by atoms with Crippen molar-refractivity contribution in [3.05, 3.63) is 70.0 Å². The third kappa shape index (κ3) is 5.33. The number of thiazole rings is 1. The molecule has 0 unspecified atom stereocenters. The Bertz CT molecular complexity index is 1120. The van der Waals surface area contributed by atoms with E-state index >= 15 is 0 Å². The molecule has 3 heterocycles. The number of aryl methyl sites for hydroxylation is 1. The lowest BCUT2D eigenvalue weighted by Gasteiger charge is -2.30. The Labute approximate surface area is 200 Å². The first-order valence-electron chi connectivity index (χ1n) is 10.2. The van der Waals surface area contributed by atoms with Gasteiger partial charge in [0.25, 0.3) is 5.91 Å². The number of rotatable bonds is 7. The summed E-state index contributed by atoms with van der Waals surface area (Å²) < 4.78 is 0.895. The number of aromatic nitrogens is 2. The number of carbonyl (C=O) groups is 2. The highest BCUT2D eigenvalue weighted by Crippen LogP contribution is 2.26. The Balaban J connectivity index is 1.39. The number of carbonyl (C=O) groups excluding carboxylic acids is 2. The summed E-state index contributed by atoms with van der Waals surface area (Å²) in [6.07, 6.45) is 4.56. The van der Waals surface area contributed by atoms with Crippen molar-refractivity contribution in [1.82, 2.24) is 20.2 Å². The molecule has 32 heavy (non-hydrogen) atoms. The highest BCUT2D eigenvalue weighted by Gasteiger charge is 2.26. The van der Waals surface area contributed by atoms with Gasteiger partial charge >= 0.3 is 0 Å². The summed E-state index contributed by atoms with van der Waals surface area (Å²) in [5.41, 5.74) is 4.72. The molecule has 0 atom stereocenters. The lowest BCUT2D eigenvalue weighted by molar-refractivity contribution is -0.118. The van der Waals surface area contributed by atoms with Gasteiger partial charge in [-0.1, -0.05) is 30.0 Å². The Hall–Kier alpha value is -2.36. The number of nitrogens with zero attached hydrogens (tertiary/aromatic N) is 3. The van der Waals surface area contributed by atoms with Gasteiger partial charge in [-0.05, 0) is 48.4 Å². The number of benzene rings is 1. The van der Waals surface area contributed by atoms with Crippen LogP contribution in [0.25, 0.3) is 0 Å². The number of nitrogens with one attached hydrogen (secondary N) is 1. The fourth-order valence-corrected chi connectivity index (χ4v) is 5.63. The zero-order valence-corrected chi connectivity index (χ0v) is 20.4. The van der Waals surface area contributed by atoms with Crippen molar-refractivity contribution >= 4 is 46.7 Å². The summed E-state index contributed by atoms with van der Waals surface area (Å²) in [5, 5.41) is 4.86. The molecule has 4 rings (SSSR count). The van der Waals surface area contributed by atoms with Crippen LogP contribution in [0.5, 0.6) is 0 Å². The Morgan fingerprint density at radius 2 is 2.06 bits per heavy atom. The van der Waals surface area contributed by atoms with Gasteiger partial charge in [0.05, 0.1) is 5.75 Å². The monoisotopic (exact) mass is 484 g/mol. The molecule has 0 aliphatic carbocycles. The summed E-state index contributed by atoms with van der Waals surface area (Å²) in [7, 11) is 0. The fraction of sp³-hybridized carbons (Fsp3) is 0.304. The predicted octanol–water partition coefficient (Wildman–Crippen LogP) is 4.18. The van der Waals surface area contributed by atoms with E-state index in [4.69, 9.17) is 0 Å². The van der Waals surface area contributed by atoms with Crippen molar-refractivity contribution < 1.29 is 9.59 Å². The van der Waals surface area contributed by atoms with Crippen LogP contribution in [0.4, 0.5) is 0 Å². The molecule has 0 saturated carbocycles. The second kappa shape index (κ2) is 10.5. The van der Waals surface area contributed by atoms with Crippen LogP contribution in [0.15, 0.2) is 51.1 Å². The molecule has 1 aliphatic heterocycles. The van der Waals surface area contributed by atoms with Crippen molar-refractivity contribution in [2.75, 3.05) is 18.6 Å².